The molecule has 0 bridgehead atoms. The van der Waals surface area contributed by atoms with Gasteiger partial charge in [0, 0.05) is 17.8 Å². The minimum atomic E-state index is -4.10. The van der Waals surface area contributed by atoms with Crippen molar-refractivity contribution in [3.8, 4) is 0 Å². The zero-order chi connectivity index (χ0) is 25.1. The Morgan fingerprint density at radius 1 is 0.941 bits per heavy atom. The van der Waals surface area contributed by atoms with Crippen LogP contribution in [-0.2, 0) is 24.8 Å². The fraction of sp³-hybridized carbons (Fsp3) is 0.174. The molecule has 0 heterocycles. The molecule has 11 heteroatoms. The molecule has 1 amide bonds. The summed E-state index contributed by atoms with van der Waals surface area (Å²) in [7, 11) is -6.19. The molecular weight excluding hydrogens is 498 g/mol. The van der Waals surface area contributed by atoms with Gasteiger partial charge in [-0.3, -0.25) is 13.4 Å². The average Bonchev–Trinajstić information content (AvgIpc) is 2.77. The summed E-state index contributed by atoms with van der Waals surface area (Å²) in [5, 5.41) is 3.04. The number of benzene rings is 3. The van der Waals surface area contributed by atoms with Crippen LogP contribution in [0.4, 0.5) is 17.1 Å². The summed E-state index contributed by atoms with van der Waals surface area (Å²) >= 11 is 5.91. The molecule has 0 saturated heterocycles. The topological polar surface area (TPSA) is 104 Å². The van der Waals surface area contributed by atoms with Gasteiger partial charge in [-0.1, -0.05) is 35.9 Å². The number of hydrogen-bond donors (Lipinski definition) is 1. The van der Waals surface area contributed by atoms with E-state index in [0.717, 1.165) is 14.9 Å². The summed E-state index contributed by atoms with van der Waals surface area (Å²) < 4.78 is 52.7. The van der Waals surface area contributed by atoms with Crippen molar-refractivity contribution >= 4 is 54.6 Å². The zero-order valence-corrected chi connectivity index (χ0v) is 21.2. The molecule has 3 aromatic carbocycles. The summed E-state index contributed by atoms with van der Waals surface area (Å²) in [5.41, 5.74) is 1.71. The van der Waals surface area contributed by atoms with Gasteiger partial charge in [-0.05, 0) is 61.0 Å². The maximum Gasteiger partial charge on any atom is 0.264 e. The minimum absolute atomic E-state index is 0.00951. The second kappa shape index (κ2) is 10.0. The zero-order valence-electron chi connectivity index (χ0n) is 18.8. The summed E-state index contributed by atoms with van der Waals surface area (Å²) in [6.45, 7) is 1.25. The Labute approximate surface area is 204 Å². The minimum Gasteiger partial charge on any atom is -0.324 e. The summed E-state index contributed by atoms with van der Waals surface area (Å²) in [5.74, 6) is -0.597. The number of rotatable bonds is 8. The number of hydrogen-bond acceptors (Lipinski definition) is 5. The smallest absolute Gasteiger partial charge is 0.264 e. The third-order valence-corrected chi connectivity index (χ3v) is 8.30. The number of halogens is 1. The van der Waals surface area contributed by atoms with Gasteiger partial charge in [0.1, 0.15) is 6.54 Å². The SMILES string of the molecule is Cc1ccccc1N(CC(=O)Nc1cccc(N(C)S(C)(=O)=O)c1)S(=O)(=O)c1ccc(Cl)cc1. The van der Waals surface area contributed by atoms with Crippen LogP contribution in [0.2, 0.25) is 5.02 Å². The largest absolute Gasteiger partial charge is 0.324 e. The first-order chi connectivity index (χ1) is 15.9. The van der Waals surface area contributed by atoms with E-state index < -0.39 is 32.5 Å². The molecule has 0 aliphatic carbocycles. The van der Waals surface area contributed by atoms with Crippen LogP contribution < -0.4 is 13.9 Å². The molecule has 0 aliphatic rings. The molecule has 0 radical (unpaired) electrons. The molecule has 0 atom stereocenters. The number of aryl methyl sites for hydroxylation is 1. The van der Waals surface area contributed by atoms with Crippen molar-refractivity contribution < 1.29 is 21.6 Å². The Balaban J connectivity index is 1.93. The van der Waals surface area contributed by atoms with Crippen LogP contribution in [0.3, 0.4) is 0 Å². The summed E-state index contributed by atoms with van der Waals surface area (Å²) in [6.07, 6.45) is 1.07. The summed E-state index contributed by atoms with van der Waals surface area (Å²) in [4.78, 5) is 12.9. The van der Waals surface area contributed by atoms with Crippen LogP contribution in [0, 0.1) is 6.92 Å². The molecule has 0 aromatic heterocycles. The van der Waals surface area contributed by atoms with Crippen molar-refractivity contribution in [2.45, 2.75) is 11.8 Å². The molecule has 8 nitrogen and oxygen atoms in total. The molecule has 0 spiro atoms. The lowest BCUT2D eigenvalue weighted by atomic mass is 10.2. The standard InChI is InChI=1S/C23H24ClN3O5S2/c1-17-7-4-5-10-22(17)27(34(31,32)21-13-11-18(24)12-14-21)16-23(28)25-19-8-6-9-20(15-19)26(2)33(3,29)30/h4-15H,16H2,1-3H3,(H,25,28). The van der Waals surface area contributed by atoms with E-state index in [0.29, 0.717) is 27.6 Å². The molecule has 0 unspecified atom stereocenters. The van der Waals surface area contributed by atoms with E-state index in [2.05, 4.69) is 5.32 Å². The van der Waals surface area contributed by atoms with E-state index >= 15 is 0 Å². The number of nitrogens with one attached hydrogen (secondary N) is 1. The predicted molar refractivity (Wildman–Crippen MR) is 135 cm³/mol. The Morgan fingerprint density at radius 3 is 2.21 bits per heavy atom. The molecular formula is C23H24ClN3O5S2. The van der Waals surface area contributed by atoms with Crippen molar-refractivity contribution in [3.63, 3.8) is 0 Å². The normalized spacial score (nSPS) is 11.6. The molecule has 3 rings (SSSR count). The first-order valence-electron chi connectivity index (χ1n) is 10.1. The van der Waals surface area contributed by atoms with Gasteiger partial charge in [0.05, 0.1) is 22.5 Å². The van der Waals surface area contributed by atoms with Crippen LogP contribution in [-0.4, -0.2) is 42.6 Å². The third kappa shape index (κ3) is 5.88. The lowest BCUT2D eigenvalue weighted by molar-refractivity contribution is -0.114. The van der Waals surface area contributed by atoms with Crippen molar-refractivity contribution in [3.05, 3.63) is 83.4 Å². The molecule has 0 fully saturated rings. The van der Waals surface area contributed by atoms with E-state index in [4.69, 9.17) is 11.6 Å². The van der Waals surface area contributed by atoms with Crippen molar-refractivity contribution in [1.82, 2.24) is 0 Å². The van der Waals surface area contributed by atoms with E-state index in [1.165, 1.54) is 37.4 Å². The van der Waals surface area contributed by atoms with Gasteiger partial charge in [0.2, 0.25) is 15.9 Å². The van der Waals surface area contributed by atoms with Crippen LogP contribution in [0.1, 0.15) is 5.56 Å². The van der Waals surface area contributed by atoms with E-state index in [-0.39, 0.29) is 4.90 Å². The molecule has 34 heavy (non-hydrogen) atoms. The van der Waals surface area contributed by atoms with E-state index in [1.54, 1.807) is 49.4 Å². The Hall–Kier alpha value is -3.08. The maximum atomic E-state index is 13.5. The lowest BCUT2D eigenvalue weighted by Crippen LogP contribution is -2.38. The van der Waals surface area contributed by atoms with E-state index in [9.17, 15) is 21.6 Å². The van der Waals surface area contributed by atoms with E-state index in [1.807, 2.05) is 0 Å². The lowest BCUT2D eigenvalue weighted by Gasteiger charge is -2.25. The number of anilines is 3. The molecule has 3 aromatic rings. The second-order valence-corrected chi connectivity index (χ2v) is 11.9. The van der Waals surface area contributed by atoms with Crippen molar-refractivity contribution in [2.24, 2.45) is 0 Å². The average molecular weight is 522 g/mol. The molecule has 180 valence electrons. The first kappa shape index (κ1) is 25.5. The van der Waals surface area contributed by atoms with Crippen LogP contribution in [0.15, 0.2) is 77.7 Å². The fourth-order valence-electron chi connectivity index (χ4n) is 3.18. The van der Waals surface area contributed by atoms with Gasteiger partial charge < -0.3 is 5.32 Å². The highest BCUT2D eigenvalue weighted by atomic mass is 35.5. The highest BCUT2D eigenvalue weighted by Gasteiger charge is 2.28. The van der Waals surface area contributed by atoms with Crippen LogP contribution in [0.25, 0.3) is 0 Å². The van der Waals surface area contributed by atoms with Gasteiger partial charge in [-0.2, -0.15) is 0 Å². The third-order valence-electron chi connectivity index (χ3n) is 5.06. The number of amides is 1. The monoisotopic (exact) mass is 521 g/mol. The molecule has 0 saturated carbocycles. The van der Waals surface area contributed by atoms with Crippen molar-refractivity contribution in [1.29, 1.82) is 0 Å². The second-order valence-electron chi connectivity index (χ2n) is 7.58. The van der Waals surface area contributed by atoms with Gasteiger partial charge in [-0.25, -0.2) is 16.8 Å². The molecule has 1 N–H and O–H groups in total. The highest BCUT2D eigenvalue weighted by Crippen LogP contribution is 2.28. The number of carbonyl (C=O) groups is 1. The van der Waals surface area contributed by atoms with Gasteiger partial charge >= 0.3 is 0 Å². The Bertz CT molecular complexity index is 1410. The summed E-state index contributed by atoms with van der Waals surface area (Å²) in [6, 6.07) is 18.8. The number of carbonyl (C=O) groups excluding carboxylic acids is 1. The Kier molecular flexibility index (Phi) is 7.54. The maximum absolute atomic E-state index is 13.5. The quantitative estimate of drug-likeness (QED) is 0.484. The predicted octanol–water partition coefficient (Wildman–Crippen LogP) is 3.88. The van der Waals surface area contributed by atoms with Gasteiger partial charge in [-0.15, -0.1) is 0 Å². The highest BCUT2D eigenvalue weighted by molar-refractivity contribution is 7.93. The van der Waals surface area contributed by atoms with Gasteiger partial charge in [0.15, 0.2) is 0 Å². The van der Waals surface area contributed by atoms with Crippen molar-refractivity contribution in [2.75, 3.05) is 33.8 Å². The number of para-hydroxylation sites is 1. The Morgan fingerprint density at radius 2 is 1.59 bits per heavy atom. The van der Waals surface area contributed by atoms with Crippen LogP contribution >= 0.6 is 11.6 Å². The fourth-order valence-corrected chi connectivity index (χ4v) is 5.29. The first-order valence-corrected chi connectivity index (χ1v) is 13.7. The van der Waals surface area contributed by atoms with Gasteiger partial charge in [0.25, 0.3) is 10.0 Å². The number of sulfonamides is 2. The number of nitrogens with zero attached hydrogens (tertiary/aromatic N) is 2. The molecule has 0 aliphatic heterocycles. The van der Waals surface area contributed by atoms with Crippen LogP contribution in [0.5, 0.6) is 0 Å².